The number of aromatic nitrogens is 2. The lowest BCUT2D eigenvalue weighted by molar-refractivity contribution is -0.177. The minimum Gasteiger partial charge on any atom is -0.364 e. The van der Waals surface area contributed by atoms with Crippen LogP contribution in [-0.4, -0.2) is 28.3 Å². The highest BCUT2D eigenvalue weighted by atomic mass is 19.4. The average molecular weight is 291 g/mol. The van der Waals surface area contributed by atoms with E-state index in [9.17, 15) is 13.2 Å². The first-order valence-electron chi connectivity index (χ1n) is 6.28. The molecule has 0 saturated carbocycles. The minimum absolute atomic E-state index is 0.0637. The van der Waals surface area contributed by atoms with Crippen molar-refractivity contribution in [3.8, 4) is 0 Å². The second kappa shape index (κ2) is 6.49. The van der Waals surface area contributed by atoms with E-state index in [2.05, 4.69) is 20.0 Å². The van der Waals surface area contributed by atoms with Gasteiger partial charge in [0.1, 0.15) is 13.2 Å². The van der Waals surface area contributed by atoms with Gasteiger partial charge in [-0.25, -0.2) is 9.97 Å². The summed E-state index contributed by atoms with van der Waals surface area (Å²) in [6.45, 7) is 6.83. The van der Waals surface area contributed by atoms with Crippen molar-refractivity contribution in [3.05, 3.63) is 23.3 Å². The molecule has 114 valence electrons. The normalized spacial score (nSPS) is 12.8. The number of ether oxygens (including phenoxy) is 1. The van der Waals surface area contributed by atoms with Crippen LogP contribution in [0, 0.1) is 6.92 Å². The summed E-state index contributed by atoms with van der Waals surface area (Å²) in [5.41, 5.74) is 1.38. The number of hydrogen-bond donors (Lipinski definition) is 1. The molecule has 4 nitrogen and oxygen atoms in total. The number of rotatable bonds is 5. The van der Waals surface area contributed by atoms with Crippen molar-refractivity contribution in [2.24, 2.45) is 0 Å². The van der Waals surface area contributed by atoms with Crippen molar-refractivity contribution in [3.63, 3.8) is 0 Å². The van der Waals surface area contributed by atoms with E-state index in [0.717, 1.165) is 5.69 Å². The largest absolute Gasteiger partial charge is 0.411 e. The highest BCUT2D eigenvalue weighted by Crippen LogP contribution is 2.15. The van der Waals surface area contributed by atoms with E-state index in [1.54, 1.807) is 13.0 Å². The lowest BCUT2D eigenvalue weighted by Crippen LogP contribution is -2.35. The third kappa shape index (κ3) is 7.40. The van der Waals surface area contributed by atoms with Gasteiger partial charge in [0.2, 0.25) is 0 Å². The van der Waals surface area contributed by atoms with Gasteiger partial charge in [-0.05, 0) is 33.8 Å². The van der Waals surface area contributed by atoms with E-state index in [1.165, 1.54) is 0 Å². The predicted molar refractivity (Wildman–Crippen MR) is 69.1 cm³/mol. The third-order valence-electron chi connectivity index (χ3n) is 2.25. The summed E-state index contributed by atoms with van der Waals surface area (Å²) in [5, 5.41) is 3.26. The van der Waals surface area contributed by atoms with E-state index >= 15 is 0 Å². The first-order valence-corrected chi connectivity index (χ1v) is 6.28. The van der Waals surface area contributed by atoms with E-state index in [0.29, 0.717) is 12.2 Å². The summed E-state index contributed by atoms with van der Waals surface area (Å²) < 4.78 is 40.5. The molecular formula is C13H20F3N3O. The topological polar surface area (TPSA) is 47.0 Å². The quantitative estimate of drug-likeness (QED) is 0.906. The highest BCUT2D eigenvalue weighted by molar-refractivity contribution is 5.10. The van der Waals surface area contributed by atoms with Crippen molar-refractivity contribution in [1.29, 1.82) is 0 Å². The molecule has 1 heterocycles. The van der Waals surface area contributed by atoms with E-state index in [1.807, 2.05) is 20.8 Å². The van der Waals surface area contributed by atoms with Crippen molar-refractivity contribution >= 4 is 0 Å². The Labute approximate surface area is 116 Å². The Kier molecular flexibility index (Phi) is 5.47. The Morgan fingerprint density at radius 2 is 1.85 bits per heavy atom. The zero-order valence-corrected chi connectivity index (χ0v) is 12.1. The van der Waals surface area contributed by atoms with Gasteiger partial charge in [-0.1, -0.05) is 0 Å². The van der Waals surface area contributed by atoms with Gasteiger partial charge in [0.15, 0.2) is 5.82 Å². The molecule has 0 radical (unpaired) electrons. The fourth-order valence-corrected chi connectivity index (χ4v) is 1.47. The Morgan fingerprint density at radius 3 is 2.40 bits per heavy atom. The third-order valence-corrected chi connectivity index (χ3v) is 2.25. The average Bonchev–Trinajstić information content (AvgIpc) is 2.23. The first kappa shape index (κ1) is 16.8. The first-order chi connectivity index (χ1) is 9.05. The molecule has 0 aliphatic rings. The fraction of sp³-hybridized carbons (Fsp3) is 0.692. The molecule has 0 unspecified atom stereocenters. The summed E-state index contributed by atoms with van der Waals surface area (Å²) in [6.07, 6.45) is -4.33. The van der Waals surface area contributed by atoms with Gasteiger partial charge in [-0.15, -0.1) is 0 Å². The van der Waals surface area contributed by atoms with Gasteiger partial charge in [-0.3, -0.25) is 0 Å². The van der Waals surface area contributed by atoms with Crippen LogP contribution in [-0.2, 0) is 17.9 Å². The van der Waals surface area contributed by atoms with Gasteiger partial charge in [-0.2, -0.15) is 13.2 Å². The van der Waals surface area contributed by atoms with E-state index in [4.69, 9.17) is 0 Å². The lowest BCUT2D eigenvalue weighted by Gasteiger charge is -2.20. The second-order valence-electron chi connectivity index (χ2n) is 5.63. The number of alkyl halides is 3. The maximum atomic E-state index is 12.0. The van der Waals surface area contributed by atoms with Crippen LogP contribution in [0.5, 0.6) is 0 Å². The van der Waals surface area contributed by atoms with E-state index < -0.39 is 12.8 Å². The zero-order chi connectivity index (χ0) is 15.4. The van der Waals surface area contributed by atoms with Crippen LogP contribution in [0.25, 0.3) is 0 Å². The van der Waals surface area contributed by atoms with Crippen LogP contribution in [0.3, 0.4) is 0 Å². The van der Waals surface area contributed by atoms with Crippen LogP contribution in [0.1, 0.15) is 38.0 Å². The van der Waals surface area contributed by atoms with Crippen LogP contribution < -0.4 is 5.32 Å². The smallest absolute Gasteiger partial charge is 0.364 e. The molecule has 0 bridgehead atoms. The monoisotopic (exact) mass is 291 g/mol. The lowest BCUT2D eigenvalue weighted by atomic mass is 10.1. The molecule has 0 fully saturated rings. The predicted octanol–water partition coefficient (Wildman–Crippen LogP) is 2.75. The fourth-order valence-electron chi connectivity index (χ4n) is 1.47. The summed E-state index contributed by atoms with van der Waals surface area (Å²) in [7, 11) is 0. The van der Waals surface area contributed by atoms with Gasteiger partial charge in [0, 0.05) is 17.8 Å². The minimum atomic E-state index is -4.33. The summed E-state index contributed by atoms with van der Waals surface area (Å²) in [5.74, 6) is 0.264. The Hall–Kier alpha value is -1.21. The highest BCUT2D eigenvalue weighted by Gasteiger charge is 2.27. The number of aryl methyl sites for hydroxylation is 1. The Morgan fingerprint density at radius 1 is 1.20 bits per heavy atom. The van der Waals surface area contributed by atoms with Crippen molar-refractivity contribution in [2.75, 3.05) is 6.61 Å². The molecule has 7 heteroatoms. The molecule has 0 aromatic carbocycles. The Bertz CT molecular complexity index is 441. The van der Waals surface area contributed by atoms with Crippen LogP contribution in [0.4, 0.5) is 13.2 Å². The maximum Gasteiger partial charge on any atom is 0.411 e. The molecule has 0 aliphatic heterocycles. The summed E-state index contributed by atoms with van der Waals surface area (Å²) in [4.78, 5) is 8.26. The molecule has 1 aromatic heterocycles. The summed E-state index contributed by atoms with van der Waals surface area (Å²) in [6, 6.07) is 1.80. The SMILES string of the molecule is Cc1cc(CNC(C)(C)C)nc(COCC(F)(F)F)n1. The van der Waals surface area contributed by atoms with Crippen molar-refractivity contribution in [2.45, 2.75) is 52.6 Å². The molecule has 20 heavy (non-hydrogen) atoms. The Balaban J connectivity index is 2.62. The maximum absolute atomic E-state index is 12.0. The molecule has 1 N–H and O–H groups in total. The van der Waals surface area contributed by atoms with E-state index in [-0.39, 0.29) is 18.0 Å². The molecule has 0 aliphatic carbocycles. The molecule has 1 aromatic rings. The van der Waals surface area contributed by atoms with Gasteiger partial charge >= 0.3 is 6.18 Å². The van der Waals surface area contributed by atoms with Crippen molar-refractivity contribution < 1.29 is 17.9 Å². The molecule has 0 spiro atoms. The number of nitrogens with one attached hydrogen (secondary N) is 1. The number of halogens is 3. The molecule has 0 saturated heterocycles. The van der Waals surface area contributed by atoms with Crippen LogP contribution >= 0.6 is 0 Å². The number of nitrogens with zero attached hydrogens (tertiary/aromatic N) is 2. The molecule has 1 rings (SSSR count). The second-order valence-corrected chi connectivity index (χ2v) is 5.63. The number of hydrogen-bond acceptors (Lipinski definition) is 4. The van der Waals surface area contributed by atoms with Gasteiger partial charge in [0.05, 0.1) is 5.69 Å². The van der Waals surface area contributed by atoms with Crippen LogP contribution in [0.2, 0.25) is 0 Å². The standard InChI is InChI=1S/C13H20F3N3O/c1-9-5-10(6-17-12(2,3)4)19-11(18-9)7-20-8-13(14,15)16/h5,17H,6-8H2,1-4H3. The summed E-state index contributed by atoms with van der Waals surface area (Å²) >= 11 is 0. The van der Waals surface area contributed by atoms with Gasteiger partial charge in [0.25, 0.3) is 0 Å². The zero-order valence-electron chi connectivity index (χ0n) is 12.1. The van der Waals surface area contributed by atoms with Crippen molar-refractivity contribution in [1.82, 2.24) is 15.3 Å². The molecule has 0 amide bonds. The van der Waals surface area contributed by atoms with Gasteiger partial charge < -0.3 is 10.1 Å². The van der Waals surface area contributed by atoms with Crippen LogP contribution in [0.15, 0.2) is 6.07 Å². The molecular weight excluding hydrogens is 271 g/mol. The molecule has 0 atom stereocenters.